The van der Waals surface area contributed by atoms with E-state index >= 15 is 0 Å². The van der Waals surface area contributed by atoms with Crippen LogP contribution < -0.4 is 5.73 Å². The fourth-order valence-corrected chi connectivity index (χ4v) is 1.29. The molecular formula is C6H9Cl2NO2S. The van der Waals surface area contributed by atoms with E-state index in [-0.39, 0.29) is 5.75 Å². The summed E-state index contributed by atoms with van der Waals surface area (Å²) in [4.78, 5) is 10.5. The lowest BCUT2D eigenvalue weighted by Crippen LogP contribution is -2.47. The van der Waals surface area contributed by atoms with Gasteiger partial charge in [-0.25, -0.2) is 0 Å². The number of hydrogen-bond donors (Lipinski definition) is 2. The van der Waals surface area contributed by atoms with Gasteiger partial charge in [-0.3, -0.25) is 4.79 Å². The maximum Gasteiger partial charge on any atom is 0.324 e. The highest BCUT2D eigenvalue weighted by Gasteiger charge is 2.27. The lowest BCUT2D eigenvalue weighted by molar-refractivity contribution is -0.141. The number of aliphatic carboxylic acids is 1. The van der Waals surface area contributed by atoms with Crippen LogP contribution in [-0.4, -0.2) is 22.4 Å². The van der Waals surface area contributed by atoms with Crippen molar-refractivity contribution in [2.45, 2.75) is 12.5 Å². The highest BCUT2D eigenvalue weighted by atomic mass is 35.5. The Morgan fingerprint density at radius 3 is 2.67 bits per heavy atom. The van der Waals surface area contributed by atoms with Gasteiger partial charge in [0.2, 0.25) is 0 Å². The number of rotatable bonds is 4. The summed E-state index contributed by atoms with van der Waals surface area (Å²) >= 11 is 11.9. The molecule has 0 radical (unpaired) electrons. The SMILES string of the molecule is C[C@@](N)(CS/C(Cl)=C/Cl)C(=O)O. The molecule has 0 aliphatic heterocycles. The zero-order valence-corrected chi connectivity index (χ0v) is 8.71. The molecule has 0 aliphatic rings. The Morgan fingerprint density at radius 1 is 1.83 bits per heavy atom. The monoisotopic (exact) mass is 229 g/mol. The Balaban J connectivity index is 4.01. The number of thioether (sulfide) groups is 1. The fraction of sp³-hybridized carbons (Fsp3) is 0.500. The average molecular weight is 230 g/mol. The van der Waals surface area contributed by atoms with Gasteiger partial charge in [0.25, 0.3) is 0 Å². The van der Waals surface area contributed by atoms with Crippen molar-refractivity contribution in [3.8, 4) is 0 Å². The molecule has 0 amide bonds. The second-order valence-electron chi connectivity index (χ2n) is 2.42. The van der Waals surface area contributed by atoms with Crippen LogP contribution >= 0.6 is 35.0 Å². The van der Waals surface area contributed by atoms with E-state index in [4.69, 9.17) is 34.0 Å². The van der Waals surface area contributed by atoms with E-state index in [9.17, 15) is 4.79 Å². The molecule has 0 saturated carbocycles. The molecule has 70 valence electrons. The summed E-state index contributed by atoms with van der Waals surface area (Å²) in [5.74, 6) is -0.876. The predicted octanol–water partition coefficient (Wildman–Crippen LogP) is 1.80. The third-order valence-electron chi connectivity index (χ3n) is 1.08. The quantitative estimate of drug-likeness (QED) is 0.772. The molecule has 0 spiro atoms. The topological polar surface area (TPSA) is 63.3 Å². The van der Waals surface area contributed by atoms with Crippen molar-refractivity contribution >= 4 is 40.9 Å². The van der Waals surface area contributed by atoms with Crippen molar-refractivity contribution in [3.05, 3.63) is 9.90 Å². The van der Waals surface area contributed by atoms with Gasteiger partial charge in [0.05, 0.1) is 4.36 Å². The fourth-order valence-electron chi connectivity index (χ4n) is 0.312. The zero-order valence-electron chi connectivity index (χ0n) is 6.38. The summed E-state index contributed by atoms with van der Waals surface area (Å²) < 4.78 is 0.328. The van der Waals surface area contributed by atoms with Gasteiger partial charge in [-0.15, -0.1) is 11.8 Å². The first kappa shape index (κ1) is 12.1. The number of carboxylic acids is 1. The van der Waals surface area contributed by atoms with Crippen LogP contribution in [0.4, 0.5) is 0 Å². The number of carbonyl (C=O) groups is 1. The van der Waals surface area contributed by atoms with Crippen molar-refractivity contribution in [1.29, 1.82) is 0 Å². The highest BCUT2D eigenvalue weighted by Crippen LogP contribution is 2.23. The maximum absolute atomic E-state index is 10.5. The van der Waals surface area contributed by atoms with Crippen molar-refractivity contribution < 1.29 is 9.90 Å². The number of halogens is 2. The van der Waals surface area contributed by atoms with E-state index in [1.807, 2.05) is 0 Å². The van der Waals surface area contributed by atoms with Gasteiger partial charge < -0.3 is 10.8 Å². The Bertz CT molecular complexity index is 206. The minimum Gasteiger partial charge on any atom is -0.480 e. The molecule has 0 aromatic rings. The van der Waals surface area contributed by atoms with E-state index in [2.05, 4.69) is 0 Å². The van der Waals surface area contributed by atoms with Gasteiger partial charge >= 0.3 is 5.97 Å². The second-order valence-corrected chi connectivity index (χ2v) is 4.29. The Labute approximate surface area is 84.9 Å². The van der Waals surface area contributed by atoms with Crippen molar-refractivity contribution in [2.24, 2.45) is 5.73 Å². The number of hydrogen-bond acceptors (Lipinski definition) is 3. The first-order valence-corrected chi connectivity index (χ1v) is 4.81. The van der Waals surface area contributed by atoms with Crippen LogP contribution in [0.2, 0.25) is 0 Å². The van der Waals surface area contributed by atoms with Crippen LogP contribution in [-0.2, 0) is 4.79 Å². The first-order valence-electron chi connectivity index (χ1n) is 3.01. The molecule has 0 fully saturated rings. The van der Waals surface area contributed by atoms with Crippen LogP contribution in [0.3, 0.4) is 0 Å². The highest BCUT2D eigenvalue weighted by molar-refractivity contribution is 8.04. The van der Waals surface area contributed by atoms with E-state index in [1.54, 1.807) is 0 Å². The second kappa shape index (κ2) is 4.97. The van der Waals surface area contributed by atoms with Crippen molar-refractivity contribution in [3.63, 3.8) is 0 Å². The normalized spacial score (nSPS) is 17.2. The third kappa shape index (κ3) is 4.21. The summed E-state index contributed by atoms with van der Waals surface area (Å²) in [5, 5.41) is 8.59. The molecule has 0 aromatic heterocycles. The number of nitrogens with two attached hydrogens (primary N) is 1. The Hall–Kier alpha value is 0.1000. The Morgan fingerprint density at radius 2 is 2.33 bits per heavy atom. The van der Waals surface area contributed by atoms with Gasteiger partial charge in [-0.1, -0.05) is 23.2 Å². The smallest absolute Gasteiger partial charge is 0.324 e. The molecule has 0 aromatic carbocycles. The average Bonchev–Trinajstić information content (AvgIpc) is 2.00. The van der Waals surface area contributed by atoms with Gasteiger partial charge in [-0.05, 0) is 6.92 Å². The van der Waals surface area contributed by atoms with Crippen LogP contribution in [0.15, 0.2) is 9.90 Å². The summed E-state index contributed by atoms with van der Waals surface area (Å²) in [5.41, 5.74) is 5.31. The summed E-state index contributed by atoms with van der Waals surface area (Å²) in [7, 11) is 0. The zero-order chi connectivity index (χ0) is 9.78. The molecule has 0 saturated heterocycles. The van der Waals surface area contributed by atoms with Crippen molar-refractivity contribution in [1.82, 2.24) is 0 Å². The van der Waals surface area contributed by atoms with Crippen LogP contribution in [0, 0.1) is 0 Å². The maximum atomic E-state index is 10.5. The first-order chi connectivity index (χ1) is 5.40. The molecular weight excluding hydrogens is 221 g/mol. The van der Waals surface area contributed by atoms with Gasteiger partial charge in [0.1, 0.15) is 5.54 Å². The molecule has 3 nitrogen and oxygen atoms in total. The molecule has 0 rings (SSSR count). The minimum absolute atomic E-state index is 0.185. The molecule has 0 bridgehead atoms. The third-order valence-corrected chi connectivity index (χ3v) is 3.12. The predicted molar refractivity (Wildman–Crippen MR) is 52.5 cm³/mol. The number of carboxylic acid groups (broad SMARTS) is 1. The van der Waals surface area contributed by atoms with Crippen LogP contribution in [0.1, 0.15) is 6.92 Å². The molecule has 0 heterocycles. The van der Waals surface area contributed by atoms with E-state index in [1.165, 1.54) is 12.5 Å². The van der Waals surface area contributed by atoms with Crippen LogP contribution in [0.25, 0.3) is 0 Å². The molecule has 6 heteroatoms. The van der Waals surface area contributed by atoms with Crippen molar-refractivity contribution in [2.75, 3.05) is 5.75 Å². The summed E-state index contributed by atoms with van der Waals surface area (Å²) in [6.45, 7) is 1.42. The molecule has 0 aliphatic carbocycles. The van der Waals surface area contributed by atoms with E-state index in [0.717, 1.165) is 11.8 Å². The van der Waals surface area contributed by atoms with E-state index in [0.29, 0.717) is 4.36 Å². The van der Waals surface area contributed by atoms with Crippen LogP contribution in [0.5, 0.6) is 0 Å². The standard InChI is InChI=1S/C6H9Cl2NO2S/c1-6(9,5(10)11)3-12-4(8)2-7/h2H,3,9H2,1H3,(H,10,11)/b4-2+/t6-/m1/s1. The summed E-state index contributed by atoms with van der Waals surface area (Å²) in [6.07, 6.45) is 0. The molecule has 12 heavy (non-hydrogen) atoms. The summed E-state index contributed by atoms with van der Waals surface area (Å²) in [6, 6.07) is 0. The Kier molecular flexibility index (Phi) is 5.01. The van der Waals surface area contributed by atoms with E-state index < -0.39 is 11.5 Å². The van der Waals surface area contributed by atoms with Gasteiger partial charge in [-0.2, -0.15) is 0 Å². The largest absolute Gasteiger partial charge is 0.480 e. The molecule has 3 N–H and O–H groups in total. The molecule has 0 unspecified atom stereocenters. The lowest BCUT2D eigenvalue weighted by Gasteiger charge is -2.17. The lowest BCUT2D eigenvalue weighted by atomic mass is 10.1. The van der Waals surface area contributed by atoms with Gasteiger partial charge in [0.15, 0.2) is 0 Å². The molecule has 1 atom stereocenters. The minimum atomic E-state index is -1.27. The van der Waals surface area contributed by atoms with Gasteiger partial charge in [0, 0.05) is 11.3 Å².